The van der Waals surface area contributed by atoms with Crippen molar-refractivity contribution in [3.63, 3.8) is 0 Å². The number of ether oxygens (including phenoxy) is 1. The van der Waals surface area contributed by atoms with Crippen LogP contribution in [0.15, 0.2) is 0 Å². The van der Waals surface area contributed by atoms with Crippen molar-refractivity contribution < 1.29 is 29.5 Å². The first kappa shape index (κ1) is 47.1. The fraction of sp³-hybridized carbons (Fsp3) is 0.844. The zero-order valence-corrected chi connectivity index (χ0v) is 34.1. The van der Waals surface area contributed by atoms with Crippen LogP contribution in [0.5, 0.6) is 17.2 Å². The van der Waals surface area contributed by atoms with Gasteiger partial charge in [-0.05, 0) is 44.1 Å². The SMILES string of the molecule is CCCCCCCCCCOOc1c(O)c(C(=O)O)c(CCCCCCCCC)c(CCCCCCCCC)c1OCCCCCCCCCC. The van der Waals surface area contributed by atoms with Crippen molar-refractivity contribution >= 4 is 5.97 Å². The molecule has 0 spiro atoms. The molecule has 2 N–H and O–H groups in total. The van der Waals surface area contributed by atoms with Gasteiger partial charge < -0.3 is 19.8 Å². The Morgan fingerprint density at radius 2 is 0.804 bits per heavy atom. The second-order valence-corrected chi connectivity index (χ2v) is 15.1. The van der Waals surface area contributed by atoms with Crippen LogP contribution >= 0.6 is 0 Å². The van der Waals surface area contributed by atoms with E-state index < -0.39 is 5.97 Å². The molecule has 1 aromatic carbocycles. The molecule has 0 amide bonds. The van der Waals surface area contributed by atoms with Gasteiger partial charge in [-0.3, -0.25) is 0 Å². The Morgan fingerprint density at radius 3 is 1.22 bits per heavy atom. The average Bonchev–Trinajstić information content (AvgIpc) is 3.12. The molecule has 1 aromatic rings. The van der Waals surface area contributed by atoms with E-state index in [2.05, 4.69) is 27.7 Å². The van der Waals surface area contributed by atoms with Crippen LogP contribution in [-0.4, -0.2) is 29.4 Å². The van der Waals surface area contributed by atoms with Crippen molar-refractivity contribution in [2.24, 2.45) is 0 Å². The lowest BCUT2D eigenvalue weighted by Gasteiger charge is -2.22. The molecule has 0 bridgehead atoms. The maximum absolute atomic E-state index is 12.8. The number of carbonyl (C=O) groups is 1. The maximum atomic E-state index is 12.8. The number of benzene rings is 1. The molecule has 298 valence electrons. The molecule has 0 saturated carbocycles. The van der Waals surface area contributed by atoms with E-state index in [1.54, 1.807) is 0 Å². The van der Waals surface area contributed by atoms with E-state index in [-0.39, 0.29) is 17.1 Å². The molecule has 51 heavy (non-hydrogen) atoms. The first-order valence-electron chi connectivity index (χ1n) is 22.1. The lowest BCUT2D eigenvalue weighted by atomic mass is 9.90. The molecule has 0 unspecified atom stereocenters. The summed E-state index contributed by atoms with van der Waals surface area (Å²) in [4.78, 5) is 24.4. The molecule has 0 fully saturated rings. The molecule has 0 aliphatic heterocycles. The Morgan fingerprint density at radius 1 is 0.451 bits per heavy atom. The number of hydrogen-bond acceptors (Lipinski definition) is 5. The third-order valence-electron chi connectivity index (χ3n) is 10.3. The third kappa shape index (κ3) is 22.7. The fourth-order valence-corrected chi connectivity index (χ4v) is 7.11. The van der Waals surface area contributed by atoms with Crippen LogP contribution in [0, 0.1) is 0 Å². The topological polar surface area (TPSA) is 85.2 Å². The van der Waals surface area contributed by atoms with E-state index in [1.165, 1.54) is 135 Å². The lowest BCUT2D eigenvalue weighted by molar-refractivity contribution is -0.209. The Hall–Kier alpha value is -1.95. The molecular formula is C45H82O6. The van der Waals surface area contributed by atoms with Crippen LogP contribution in [0.25, 0.3) is 0 Å². The van der Waals surface area contributed by atoms with Gasteiger partial charge in [-0.1, -0.05) is 195 Å². The van der Waals surface area contributed by atoms with Crippen molar-refractivity contribution in [3.05, 3.63) is 16.7 Å². The highest BCUT2D eigenvalue weighted by molar-refractivity contribution is 5.95. The molecule has 0 aliphatic carbocycles. The third-order valence-corrected chi connectivity index (χ3v) is 10.3. The van der Waals surface area contributed by atoms with E-state index in [4.69, 9.17) is 14.5 Å². The van der Waals surface area contributed by atoms with Crippen molar-refractivity contribution in [3.8, 4) is 17.2 Å². The first-order chi connectivity index (χ1) is 25.0. The van der Waals surface area contributed by atoms with Crippen molar-refractivity contribution in [2.75, 3.05) is 13.2 Å². The van der Waals surface area contributed by atoms with Gasteiger partial charge in [0.05, 0.1) is 13.2 Å². The van der Waals surface area contributed by atoms with E-state index in [9.17, 15) is 15.0 Å². The molecule has 6 heteroatoms. The second kappa shape index (κ2) is 33.9. The van der Waals surface area contributed by atoms with Gasteiger partial charge in [-0.25, -0.2) is 4.79 Å². The Balaban J connectivity index is 3.19. The number of aromatic hydroxyl groups is 1. The van der Waals surface area contributed by atoms with E-state index in [0.717, 1.165) is 68.9 Å². The molecule has 0 atom stereocenters. The maximum Gasteiger partial charge on any atom is 0.339 e. The van der Waals surface area contributed by atoms with E-state index in [1.807, 2.05) is 0 Å². The summed E-state index contributed by atoms with van der Waals surface area (Å²) in [5.41, 5.74) is 1.58. The Labute approximate surface area is 315 Å². The highest BCUT2D eigenvalue weighted by Crippen LogP contribution is 2.46. The van der Waals surface area contributed by atoms with Gasteiger partial charge >= 0.3 is 5.97 Å². The number of rotatable bonds is 38. The van der Waals surface area contributed by atoms with Crippen LogP contribution in [0.2, 0.25) is 0 Å². The summed E-state index contributed by atoms with van der Waals surface area (Å²) in [6.45, 7) is 9.86. The predicted octanol–water partition coefficient (Wildman–Crippen LogP) is 14.6. The van der Waals surface area contributed by atoms with Crippen molar-refractivity contribution in [2.45, 2.75) is 233 Å². The number of hydrogen-bond donors (Lipinski definition) is 2. The number of aromatic carboxylic acids is 1. The highest BCUT2D eigenvalue weighted by atomic mass is 17.2. The van der Waals surface area contributed by atoms with E-state index >= 15 is 0 Å². The van der Waals surface area contributed by atoms with Gasteiger partial charge in [0.2, 0.25) is 5.75 Å². The molecule has 0 saturated heterocycles. The second-order valence-electron chi connectivity index (χ2n) is 15.1. The molecule has 6 nitrogen and oxygen atoms in total. The minimum atomic E-state index is -1.12. The standard InChI is InChI=1S/C45H82O6/c1-5-9-13-17-21-25-29-33-37-49-43-40(36-32-28-24-20-16-12-8-4)39(35-31-27-23-19-15-11-7-3)41(45(47)48)42(46)44(43)51-50-38-34-30-26-22-18-14-10-6-2/h46H,5-38H2,1-4H3,(H,47,48). The number of carboxylic acids is 1. The van der Waals surface area contributed by atoms with Crippen molar-refractivity contribution in [1.82, 2.24) is 0 Å². The minimum absolute atomic E-state index is 0.0379. The Bertz CT molecular complexity index is 961. The molecule has 0 radical (unpaired) electrons. The first-order valence-corrected chi connectivity index (χ1v) is 22.1. The summed E-state index contributed by atoms with van der Waals surface area (Å²) in [7, 11) is 0. The summed E-state index contributed by atoms with van der Waals surface area (Å²) >= 11 is 0. The number of unbranched alkanes of at least 4 members (excludes halogenated alkanes) is 26. The smallest absolute Gasteiger partial charge is 0.339 e. The summed E-state index contributed by atoms with van der Waals surface area (Å²) in [5, 5.41) is 22.0. The van der Waals surface area contributed by atoms with E-state index in [0.29, 0.717) is 31.8 Å². The summed E-state index contributed by atoms with van der Waals surface area (Å²) in [5.74, 6) is -0.924. The Kier molecular flexibility index (Phi) is 31.2. The van der Waals surface area contributed by atoms with Crippen LogP contribution in [0.4, 0.5) is 0 Å². The highest BCUT2D eigenvalue weighted by Gasteiger charge is 2.30. The van der Waals surface area contributed by atoms with Gasteiger partial charge in [-0.2, -0.15) is 4.89 Å². The molecule has 1 rings (SSSR count). The molecule has 0 aliphatic rings. The van der Waals surface area contributed by atoms with Gasteiger partial charge in [0.15, 0.2) is 11.5 Å². The lowest BCUT2D eigenvalue weighted by Crippen LogP contribution is -2.13. The zero-order chi connectivity index (χ0) is 37.2. The van der Waals surface area contributed by atoms with Crippen LogP contribution in [0.3, 0.4) is 0 Å². The monoisotopic (exact) mass is 719 g/mol. The summed E-state index contributed by atoms with van der Waals surface area (Å²) < 4.78 is 6.54. The van der Waals surface area contributed by atoms with Crippen molar-refractivity contribution in [1.29, 1.82) is 0 Å². The number of carboxylic acid groups (broad SMARTS) is 1. The van der Waals surface area contributed by atoms with Gasteiger partial charge in [0.1, 0.15) is 5.56 Å². The fourth-order valence-electron chi connectivity index (χ4n) is 7.11. The predicted molar refractivity (Wildman–Crippen MR) is 216 cm³/mol. The molecular weight excluding hydrogens is 636 g/mol. The van der Waals surface area contributed by atoms with Crippen LogP contribution in [0.1, 0.15) is 242 Å². The average molecular weight is 719 g/mol. The largest absolute Gasteiger partial charge is 0.503 e. The minimum Gasteiger partial charge on any atom is -0.503 e. The quantitative estimate of drug-likeness (QED) is 0.0402. The molecule has 0 aromatic heterocycles. The van der Waals surface area contributed by atoms with Gasteiger partial charge in [0, 0.05) is 5.56 Å². The normalized spacial score (nSPS) is 11.4. The zero-order valence-electron chi connectivity index (χ0n) is 34.1. The summed E-state index contributed by atoms with van der Waals surface area (Å²) in [6, 6.07) is 0. The van der Waals surface area contributed by atoms with Crippen LogP contribution in [-0.2, 0) is 17.7 Å². The van der Waals surface area contributed by atoms with Gasteiger partial charge in [-0.15, -0.1) is 0 Å². The van der Waals surface area contributed by atoms with Gasteiger partial charge in [0.25, 0.3) is 0 Å². The molecule has 0 heterocycles. The number of phenols is 1. The summed E-state index contributed by atoms with van der Waals surface area (Å²) in [6.07, 6.45) is 36.7. The van der Waals surface area contributed by atoms with Crippen LogP contribution < -0.4 is 9.62 Å².